The van der Waals surface area contributed by atoms with Crippen molar-refractivity contribution in [1.29, 1.82) is 0 Å². The summed E-state index contributed by atoms with van der Waals surface area (Å²) < 4.78 is 12.6. The van der Waals surface area contributed by atoms with Crippen LogP contribution in [-0.2, 0) is 14.3 Å². The van der Waals surface area contributed by atoms with E-state index in [-0.39, 0.29) is 13.2 Å². The molecule has 7 nitrogen and oxygen atoms in total. The lowest BCUT2D eigenvalue weighted by atomic mass is 10.0. The molecule has 1 atom stereocenters. The molecule has 0 aliphatic rings. The van der Waals surface area contributed by atoms with Gasteiger partial charge in [0.25, 0.3) is 5.91 Å². The van der Waals surface area contributed by atoms with E-state index in [4.69, 9.17) is 9.47 Å². The van der Waals surface area contributed by atoms with Crippen molar-refractivity contribution >= 4 is 11.9 Å². The van der Waals surface area contributed by atoms with Crippen LogP contribution < -0.4 is 10.1 Å². The molecule has 0 saturated carbocycles. The van der Waals surface area contributed by atoms with Gasteiger partial charge in [0.1, 0.15) is 5.75 Å². The molecule has 31 heavy (non-hydrogen) atoms. The van der Waals surface area contributed by atoms with Crippen molar-refractivity contribution in [2.45, 2.75) is 33.7 Å². The van der Waals surface area contributed by atoms with E-state index in [0.29, 0.717) is 17.0 Å². The minimum absolute atomic E-state index is 0.204. The van der Waals surface area contributed by atoms with Gasteiger partial charge in [-0.3, -0.25) is 4.79 Å². The first-order valence-corrected chi connectivity index (χ1v) is 10.2. The monoisotopic (exact) mass is 421 g/mol. The first kappa shape index (κ1) is 22.1. The van der Waals surface area contributed by atoms with Crippen LogP contribution in [0.25, 0.3) is 5.69 Å². The van der Waals surface area contributed by atoms with Crippen molar-refractivity contribution in [3.05, 3.63) is 77.1 Å². The predicted molar refractivity (Wildman–Crippen MR) is 117 cm³/mol. The summed E-state index contributed by atoms with van der Waals surface area (Å²) in [6, 6.07) is 16.0. The van der Waals surface area contributed by atoms with Gasteiger partial charge < -0.3 is 14.8 Å². The number of nitrogens with zero attached hydrogens (tertiary/aromatic N) is 2. The first-order valence-electron chi connectivity index (χ1n) is 10.2. The number of hydrogen-bond donors (Lipinski definition) is 1. The number of nitrogens with one attached hydrogen (secondary N) is 1. The van der Waals surface area contributed by atoms with E-state index in [0.717, 1.165) is 16.9 Å². The highest BCUT2D eigenvalue weighted by atomic mass is 16.5. The number of amides is 1. The predicted octanol–water partition coefficient (Wildman–Crippen LogP) is 3.60. The number of para-hydroxylation sites is 1. The van der Waals surface area contributed by atoms with Gasteiger partial charge in [-0.15, -0.1) is 0 Å². The van der Waals surface area contributed by atoms with Crippen LogP contribution >= 0.6 is 0 Å². The van der Waals surface area contributed by atoms with E-state index in [1.54, 1.807) is 17.7 Å². The van der Waals surface area contributed by atoms with Gasteiger partial charge in [-0.2, -0.15) is 5.10 Å². The molecule has 0 fully saturated rings. The smallest absolute Gasteiger partial charge is 0.333 e. The van der Waals surface area contributed by atoms with Crippen molar-refractivity contribution in [3.8, 4) is 11.4 Å². The van der Waals surface area contributed by atoms with Crippen molar-refractivity contribution in [2.24, 2.45) is 0 Å². The zero-order valence-electron chi connectivity index (χ0n) is 18.2. The zero-order valence-corrected chi connectivity index (χ0v) is 18.2. The molecule has 2 aromatic carbocycles. The summed E-state index contributed by atoms with van der Waals surface area (Å²) in [6.45, 7) is 7.33. The van der Waals surface area contributed by atoms with Gasteiger partial charge >= 0.3 is 5.97 Å². The lowest BCUT2D eigenvalue weighted by Gasteiger charge is -2.18. The number of ether oxygens (including phenoxy) is 2. The van der Waals surface area contributed by atoms with Gasteiger partial charge in [0.05, 0.1) is 18.0 Å². The second kappa shape index (κ2) is 9.93. The van der Waals surface area contributed by atoms with Crippen molar-refractivity contribution in [1.82, 2.24) is 15.1 Å². The fourth-order valence-corrected chi connectivity index (χ4v) is 3.42. The maximum Gasteiger partial charge on any atom is 0.333 e. The Morgan fingerprint density at radius 2 is 1.81 bits per heavy atom. The first-order chi connectivity index (χ1) is 14.9. The van der Waals surface area contributed by atoms with Crippen molar-refractivity contribution in [3.63, 3.8) is 0 Å². The van der Waals surface area contributed by atoms with E-state index >= 15 is 0 Å². The van der Waals surface area contributed by atoms with Gasteiger partial charge in [-0.05, 0) is 57.5 Å². The van der Waals surface area contributed by atoms with Crippen LogP contribution in [0.2, 0.25) is 0 Å². The summed E-state index contributed by atoms with van der Waals surface area (Å²) in [5, 5.41) is 7.34. The highest BCUT2D eigenvalue weighted by molar-refractivity contribution is 5.86. The fraction of sp³-hybridized carbons (Fsp3) is 0.292. The molecule has 0 radical (unpaired) electrons. The maximum atomic E-state index is 12.7. The van der Waals surface area contributed by atoms with E-state index in [1.165, 1.54) is 0 Å². The molecule has 0 aliphatic carbocycles. The van der Waals surface area contributed by atoms with E-state index in [1.807, 2.05) is 69.3 Å². The molecule has 3 aromatic rings. The number of carbonyl (C=O) groups excluding carboxylic acids is 2. The zero-order chi connectivity index (χ0) is 22.4. The lowest BCUT2D eigenvalue weighted by Crippen LogP contribution is -2.38. The SMILES string of the molecule is CCOC(=O)[C@@H](NC(=O)COc1cccc(C)c1)c1c(C)nn(-c2ccccc2)c1C. The Hall–Kier alpha value is -3.61. The number of rotatable bonds is 8. The standard InChI is InChI=1S/C24H27N3O4/c1-5-30-24(29)23(25-21(28)15-31-20-13-9-10-16(2)14-20)22-17(3)26-27(18(22)4)19-11-7-6-8-12-19/h6-14,23H,5,15H2,1-4H3,(H,25,28)/t23-/m0/s1. The molecule has 162 valence electrons. The number of benzene rings is 2. The molecule has 0 saturated heterocycles. The number of esters is 1. The molecule has 1 heterocycles. The summed E-state index contributed by atoms with van der Waals surface area (Å²) in [6.07, 6.45) is 0. The Balaban J connectivity index is 1.83. The van der Waals surface area contributed by atoms with Gasteiger partial charge in [0.2, 0.25) is 0 Å². The van der Waals surface area contributed by atoms with Crippen molar-refractivity contribution < 1.29 is 19.1 Å². The van der Waals surface area contributed by atoms with Crippen LogP contribution in [-0.4, -0.2) is 34.9 Å². The fourth-order valence-electron chi connectivity index (χ4n) is 3.42. The summed E-state index contributed by atoms with van der Waals surface area (Å²) >= 11 is 0. The molecule has 0 spiro atoms. The molecular weight excluding hydrogens is 394 g/mol. The Bertz CT molecular complexity index is 1060. The highest BCUT2D eigenvalue weighted by Gasteiger charge is 2.30. The van der Waals surface area contributed by atoms with Crippen molar-refractivity contribution in [2.75, 3.05) is 13.2 Å². The normalized spacial score (nSPS) is 11.6. The average molecular weight is 421 g/mol. The molecule has 0 aliphatic heterocycles. The second-order valence-corrected chi connectivity index (χ2v) is 7.19. The highest BCUT2D eigenvalue weighted by Crippen LogP contribution is 2.25. The summed E-state index contributed by atoms with van der Waals surface area (Å²) in [5.41, 5.74) is 3.90. The Morgan fingerprint density at radius 1 is 1.06 bits per heavy atom. The van der Waals surface area contributed by atoms with E-state index in [2.05, 4.69) is 10.4 Å². The quantitative estimate of drug-likeness (QED) is 0.562. The molecule has 1 amide bonds. The Kier molecular flexibility index (Phi) is 7.07. The molecule has 0 unspecified atom stereocenters. The van der Waals surface area contributed by atoms with Gasteiger partial charge in [-0.1, -0.05) is 30.3 Å². The largest absolute Gasteiger partial charge is 0.484 e. The Labute approximate surface area is 182 Å². The van der Waals surface area contributed by atoms with Crippen LogP contribution in [0.5, 0.6) is 5.75 Å². The van der Waals surface area contributed by atoms with Gasteiger partial charge in [0, 0.05) is 11.3 Å². The number of carbonyl (C=O) groups is 2. The second-order valence-electron chi connectivity index (χ2n) is 7.19. The van der Waals surface area contributed by atoms with Crippen LogP contribution in [0, 0.1) is 20.8 Å². The third-order valence-electron chi connectivity index (χ3n) is 4.82. The molecule has 7 heteroatoms. The van der Waals surface area contributed by atoms with Gasteiger partial charge in [-0.25, -0.2) is 9.48 Å². The molecular formula is C24H27N3O4. The Morgan fingerprint density at radius 3 is 2.48 bits per heavy atom. The minimum Gasteiger partial charge on any atom is -0.484 e. The minimum atomic E-state index is -0.981. The average Bonchev–Trinajstić information content (AvgIpc) is 3.05. The van der Waals surface area contributed by atoms with Crippen LogP contribution in [0.1, 0.15) is 35.5 Å². The molecule has 0 bridgehead atoms. The molecule has 1 N–H and O–H groups in total. The summed E-state index contributed by atoms with van der Waals surface area (Å²) in [5.74, 6) is -0.372. The topological polar surface area (TPSA) is 82.4 Å². The van der Waals surface area contributed by atoms with E-state index < -0.39 is 17.9 Å². The van der Waals surface area contributed by atoms with Crippen LogP contribution in [0.15, 0.2) is 54.6 Å². The third-order valence-corrected chi connectivity index (χ3v) is 4.82. The maximum absolute atomic E-state index is 12.7. The third kappa shape index (κ3) is 5.31. The summed E-state index contributed by atoms with van der Waals surface area (Å²) in [4.78, 5) is 25.4. The van der Waals surface area contributed by atoms with Crippen LogP contribution in [0.3, 0.4) is 0 Å². The van der Waals surface area contributed by atoms with Gasteiger partial charge in [0.15, 0.2) is 12.6 Å². The molecule has 1 aromatic heterocycles. The number of aryl methyl sites for hydroxylation is 2. The summed E-state index contributed by atoms with van der Waals surface area (Å²) in [7, 11) is 0. The number of aromatic nitrogens is 2. The van der Waals surface area contributed by atoms with Crippen LogP contribution in [0.4, 0.5) is 0 Å². The number of hydrogen-bond acceptors (Lipinski definition) is 5. The molecule has 3 rings (SSSR count). The lowest BCUT2D eigenvalue weighted by molar-refractivity contribution is -0.147. The van der Waals surface area contributed by atoms with E-state index in [9.17, 15) is 9.59 Å².